The maximum atomic E-state index is 12.5. The van der Waals surface area contributed by atoms with Crippen LogP contribution in [0.3, 0.4) is 0 Å². The van der Waals surface area contributed by atoms with Gasteiger partial charge >= 0.3 is 0 Å². The first-order valence-electron chi connectivity index (χ1n) is 9.79. The smallest absolute Gasteiger partial charge is 0.178 e. The fraction of sp³-hybridized carbons (Fsp3) is 0.130. The van der Waals surface area contributed by atoms with Gasteiger partial charge in [0.05, 0.1) is 31.9 Å². The first-order valence-corrected chi connectivity index (χ1v) is 12.2. The minimum Gasteiger partial charge on any atom is -0.457 e. The summed E-state index contributed by atoms with van der Waals surface area (Å²) in [6, 6.07) is 17.0. The number of rotatable bonds is 7. The summed E-state index contributed by atoms with van der Waals surface area (Å²) in [6.45, 7) is 0.311. The molecule has 4 rings (SSSR count). The highest BCUT2D eigenvalue weighted by molar-refractivity contribution is 7.91. The van der Waals surface area contributed by atoms with Crippen LogP contribution < -0.4 is 10.5 Å². The monoisotopic (exact) mass is 487 g/mol. The fourth-order valence-corrected chi connectivity index (χ4v) is 5.07. The standard InChI is InChI=1S/C23H19Cl2N3O3S/c24-20-9-8-16(31-15-4-1-5-17(12-15)32(29,30)11-3-10-26)13-19(20)22-18-6-2-7-21(25)23(18)28-14-27-22/h1-2,4-9,12-14H,3,10-11,26H2. The van der Waals surface area contributed by atoms with Crippen LogP contribution in [0.1, 0.15) is 6.42 Å². The number of hydrogen-bond donors (Lipinski definition) is 1. The minimum absolute atomic E-state index is 0.0125. The van der Waals surface area contributed by atoms with Crippen LogP contribution in [0.5, 0.6) is 11.5 Å². The summed E-state index contributed by atoms with van der Waals surface area (Å²) >= 11 is 12.7. The van der Waals surface area contributed by atoms with Gasteiger partial charge in [0, 0.05) is 10.9 Å². The number of para-hydroxylation sites is 1. The molecule has 0 saturated carbocycles. The van der Waals surface area contributed by atoms with E-state index in [0.717, 1.165) is 5.39 Å². The molecule has 3 aromatic carbocycles. The molecule has 0 fully saturated rings. The predicted octanol–water partition coefficient (Wildman–Crippen LogP) is 5.52. The minimum atomic E-state index is -3.43. The van der Waals surface area contributed by atoms with Gasteiger partial charge < -0.3 is 10.5 Å². The van der Waals surface area contributed by atoms with Gasteiger partial charge in [0.15, 0.2) is 9.84 Å². The zero-order valence-electron chi connectivity index (χ0n) is 16.8. The van der Waals surface area contributed by atoms with Crippen molar-refractivity contribution in [2.24, 2.45) is 5.73 Å². The zero-order chi connectivity index (χ0) is 22.7. The number of benzene rings is 3. The van der Waals surface area contributed by atoms with E-state index < -0.39 is 9.84 Å². The molecule has 32 heavy (non-hydrogen) atoms. The number of hydrogen-bond acceptors (Lipinski definition) is 6. The maximum Gasteiger partial charge on any atom is 0.178 e. The molecule has 0 radical (unpaired) electrons. The largest absolute Gasteiger partial charge is 0.457 e. The summed E-state index contributed by atoms with van der Waals surface area (Å²) in [5, 5.41) is 1.75. The van der Waals surface area contributed by atoms with Gasteiger partial charge in [-0.1, -0.05) is 41.4 Å². The number of ether oxygens (including phenoxy) is 1. The van der Waals surface area contributed by atoms with Crippen LogP contribution in [0.2, 0.25) is 10.0 Å². The molecule has 0 aliphatic carbocycles. The summed E-state index contributed by atoms with van der Waals surface area (Å²) in [5.41, 5.74) is 7.33. The summed E-state index contributed by atoms with van der Waals surface area (Å²) in [7, 11) is -3.43. The van der Waals surface area contributed by atoms with Gasteiger partial charge in [0.25, 0.3) is 0 Å². The van der Waals surface area contributed by atoms with Crippen molar-refractivity contribution in [2.75, 3.05) is 12.3 Å². The van der Waals surface area contributed by atoms with Crippen LogP contribution in [0.4, 0.5) is 0 Å². The van der Waals surface area contributed by atoms with E-state index in [1.165, 1.54) is 12.4 Å². The number of fused-ring (bicyclic) bond motifs is 1. The summed E-state index contributed by atoms with van der Waals surface area (Å²) < 4.78 is 30.9. The topological polar surface area (TPSA) is 95.2 Å². The fourth-order valence-electron chi connectivity index (χ4n) is 3.27. The molecule has 0 spiro atoms. The third-order valence-electron chi connectivity index (χ3n) is 4.83. The zero-order valence-corrected chi connectivity index (χ0v) is 19.2. The van der Waals surface area contributed by atoms with E-state index in [1.54, 1.807) is 42.5 Å². The number of nitrogens with two attached hydrogens (primary N) is 1. The van der Waals surface area contributed by atoms with Crippen LogP contribution in [-0.2, 0) is 9.84 Å². The Morgan fingerprint density at radius 2 is 1.69 bits per heavy atom. The molecule has 2 N–H and O–H groups in total. The van der Waals surface area contributed by atoms with Crippen molar-refractivity contribution in [3.05, 3.63) is 77.0 Å². The molecule has 0 saturated heterocycles. The Bertz CT molecular complexity index is 1390. The van der Waals surface area contributed by atoms with Crippen LogP contribution in [-0.4, -0.2) is 30.7 Å². The highest BCUT2D eigenvalue weighted by Gasteiger charge is 2.16. The Balaban J connectivity index is 1.70. The summed E-state index contributed by atoms with van der Waals surface area (Å²) in [5.74, 6) is 0.860. The molecule has 0 amide bonds. The third-order valence-corrected chi connectivity index (χ3v) is 7.26. The van der Waals surface area contributed by atoms with Crippen molar-refractivity contribution >= 4 is 43.9 Å². The van der Waals surface area contributed by atoms with E-state index in [4.69, 9.17) is 33.7 Å². The lowest BCUT2D eigenvalue weighted by Gasteiger charge is -2.12. The molecule has 9 heteroatoms. The Morgan fingerprint density at radius 1 is 0.906 bits per heavy atom. The average molecular weight is 488 g/mol. The molecule has 0 aliphatic rings. The molecule has 1 aromatic heterocycles. The Hall–Kier alpha value is -2.71. The van der Waals surface area contributed by atoms with Gasteiger partial charge in [-0.05, 0) is 55.4 Å². The van der Waals surface area contributed by atoms with E-state index in [2.05, 4.69) is 9.97 Å². The number of sulfone groups is 1. The molecule has 164 valence electrons. The van der Waals surface area contributed by atoms with Crippen LogP contribution >= 0.6 is 23.2 Å². The van der Waals surface area contributed by atoms with Crippen molar-refractivity contribution in [1.29, 1.82) is 0 Å². The highest BCUT2D eigenvalue weighted by atomic mass is 35.5. The Labute approximate surface area is 195 Å². The van der Waals surface area contributed by atoms with Gasteiger partial charge in [-0.3, -0.25) is 0 Å². The molecule has 0 atom stereocenters. The first-order chi connectivity index (χ1) is 15.4. The van der Waals surface area contributed by atoms with Crippen molar-refractivity contribution in [1.82, 2.24) is 9.97 Å². The van der Waals surface area contributed by atoms with E-state index in [-0.39, 0.29) is 10.6 Å². The first kappa shape index (κ1) is 22.5. The predicted molar refractivity (Wildman–Crippen MR) is 127 cm³/mol. The molecular formula is C23H19Cl2N3O3S. The summed E-state index contributed by atoms with van der Waals surface area (Å²) in [4.78, 5) is 8.85. The van der Waals surface area contributed by atoms with Crippen molar-refractivity contribution in [3.8, 4) is 22.8 Å². The van der Waals surface area contributed by atoms with Crippen molar-refractivity contribution < 1.29 is 13.2 Å². The van der Waals surface area contributed by atoms with Crippen molar-refractivity contribution in [2.45, 2.75) is 11.3 Å². The van der Waals surface area contributed by atoms with Gasteiger partial charge in [-0.15, -0.1) is 0 Å². The van der Waals surface area contributed by atoms with Gasteiger partial charge in [-0.2, -0.15) is 0 Å². The lowest BCUT2D eigenvalue weighted by atomic mass is 10.1. The highest BCUT2D eigenvalue weighted by Crippen LogP contribution is 2.36. The van der Waals surface area contributed by atoms with Crippen molar-refractivity contribution in [3.63, 3.8) is 0 Å². The van der Waals surface area contributed by atoms with Gasteiger partial charge in [0.1, 0.15) is 17.8 Å². The summed E-state index contributed by atoms with van der Waals surface area (Å²) in [6.07, 6.45) is 1.83. The van der Waals surface area contributed by atoms with E-state index in [0.29, 0.717) is 51.3 Å². The molecule has 4 aromatic rings. The third kappa shape index (κ3) is 4.71. The van der Waals surface area contributed by atoms with E-state index in [1.807, 2.05) is 12.1 Å². The lowest BCUT2D eigenvalue weighted by Crippen LogP contribution is -2.11. The number of aromatic nitrogens is 2. The number of nitrogens with zero attached hydrogens (tertiary/aromatic N) is 2. The van der Waals surface area contributed by atoms with Crippen LogP contribution in [0.15, 0.2) is 71.9 Å². The average Bonchev–Trinajstić information content (AvgIpc) is 2.79. The lowest BCUT2D eigenvalue weighted by molar-refractivity contribution is 0.481. The normalized spacial score (nSPS) is 11.6. The van der Waals surface area contributed by atoms with Crippen LogP contribution in [0.25, 0.3) is 22.2 Å². The molecular weight excluding hydrogens is 469 g/mol. The van der Waals surface area contributed by atoms with E-state index >= 15 is 0 Å². The van der Waals surface area contributed by atoms with E-state index in [9.17, 15) is 8.42 Å². The second-order valence-electron chi connectivity index (χ2n) is 7.04. The SMILES string of the molecule is NCCCS(=O)(=O)c1cccc(Oc2ccc(Cl)c(-c3ncnc4c(Cl)cccc34)c2)c1. The second-order valence-corrected chi connectivity index (χ2v) is 9.96. The Kier molecular flexibility index (Phi) is 6.62. The molecule has 6 nitrogen and oxygen atoms in total. The quantitative estimate of drug-likeness (QED) is 0.368. The van der Waals surface area contributed by atoms with Crippen LogP contribution in [0, 0.1) is 0 Å². The Morgan fingerprint density at radius 3 is 2.50 bits per heavy atom. The number of halogens is 2. The molecule has 0 unspecified atom stereocenters. The molecule has 0 bridgehead atoms. The molecule has 1 heterocycles. The van der Waals surface area contributed by atoms with Gasteiger partial charge in [-0.25, -0.2) is 18.4 Å². The second kappa shape index (κ2) is 9.42. The van der Waals surface area contributed by atoms with Gasteiger partial charge in [0.2, 0.25) is 0 Å². The molecule has 0 aliphatic heterocycles. The maximum absolute atomic E-state index is 12.5.